The van der Waals surface area contributed by atoms with Crippen LogP contribution in [0.25, 0.3) is 0 Å². The summed E-state index contributed by atoms with van der Waals surface area (Å²) in [5.74, 6) is -0.446. The number of amides is 2. The Morgan fingerprint density at radius 2 is 1.74 bits per heavy atom. The molecular formula is C23H19F4N3O. The number of urea groups is 1. The van der Waals surface area contributed by atoms with E-state index in [9.17, 15) is 22.4 Å². The van der Waals surface area contributed by atoms with Gasteiger partial charge in [-0.05, 0) is 53.6 Å². The van der Waals surface area contributed by atoms with Gasteiger partial charge in [-0.1, -0.05) is 25.1 Å². The van der Waals surface area contributed by atoms with Crippen LogP contribution in [0.15, 0.2) is 66.9 Å². The van der Waals surface area contributed by atoms with E-state index in [0.29, 0.717) is 23.5 Å². The van der Waals surface area contributed by atoms with Crippen molar-refractivity contribution in [1.82, 2.24) is 9.88 Å². The second kappa shape index (κ2) is 8.02. The van der Waals surface area contributed by atoms with Gasteiger partial charge in [0.15, 0.2) is 0 Å². The van der Waals surface area contributed by atoms with Crippen molar-refractivity contribution in [2.45, 2.75) is 25.1 Å². The molecule has 4 rings (SSSR count). The Bertz CT molecular complexity index is 1080. The SMILES string of the molecule is CC1CN(C(=O)Nc2ccc(F)cc2)C(c2ccc(C(F)(F)F)cc2)c2ncccc21. The second-order valence-corrected chi connectivity index (χ2v) is 7.49. The van der Waals surface area contributed by atoms with Gasteiger partial charge in [0.2, 0.25) is 0 Å². The number of carbonyl (C=O) groups is 1. The number of nitrogens with zero attached hydrogens (tertiary/aromatic N) is 2. The summed E-state index contributed by atoms with van der Waals surface area (Å²) in [6.45, 7) is 2.30. The van der Waals surface area contributed by atoms with Crippen molar-refractivity contribution in [1.29, 1.82) is 0 Å². The molecule has 0 aliphatic carbocycles. The molecule has 8 heteroatoms. The molecule has 1 aliphatic heterocycles. The fourth-order valence-electron chi connectivity index (χ4n) is 3.84. The van der Waals surface area contributed by atoms with E-state index in [-0.39, 0.29) is 5.92 Å². The van der Waals surface area contributed by atoms with Crippen molar-refractivity contribution < 1.29 is 22.4 Å². The molecule has 1 aliphatic rings. The average Bonchev–Trinajstić information content (AvgIpc) is 2.75. The summed E-state index contributed by atoms with van der Waals surface area (Å²) in [7, 11) is 0. The van der Waals surface area contributed by atoms with Crippen LogP contribution < -0.4 is 5.32 Å². The zero-order chi connectivity index (χ0) is 22.2. The summed E-state index contributed by atoms with van der Waals surface area (Å²) in [4.78, 5) is 19.1. The first-order valence-electron chi connectivity index (χ1n) is 9.69. The molecule has 2 amide bonds. The molecule has 160 valence electrons. The molecule has 2 atom stereocenters. The first kappa shape index (κ1) is 20.8. The van der Waals surface area contributed by atoms with Crippen molar-refractivity contribution in [3.05, 3.63) is 95.1 Å². The Kier molecular flexibility index (Phi) is 5.39. The van der Waals surface area contributed by atoms with Crippen LogP contribution in [0.3, 0.4) is 0 Å². The Hall–Kier alpha value is -3.42. The van der Waals surface area contributed by atoms with Crippen LogP contribution in [-0.2, 0) is 6.18 Å². The Labute approximate surface area is 176 Å². The summed E-state index contributed by atoms with van der Waals surface area (Å²) >= 11 is 0. The predicted octanol–water partition coefficient (Wildman–Crippen LogP) is 5.98. The number of benzene rings is 2. The molecule has 1 aromatic heterocycles. The van der Waals surface area contributed by atoms with Gasteiger partial charge in [0.1, 0.15) is 11.9 Å². The molecule has 31 heavy (non-hydrogen) atoms. The first-order chi connectivity index (χ1) is 14.7. The van der Waals surface area contributed by atoms with E-state index in [4.69, 9.17) is 0 Å². The van der Waals surface area contributed by atoms with Crippen molar-refractivity contribution in [3.63, 3.8) is 0 Å². The molecule has 0 saturated carbocycles. The number of halogens is 4. The lowest BCUT2D eigenvalue weighted by Crippen LogP contribution is -2.44. The van der Waals surface area contributed by atoms with Crippen LogP contribution in [0.1, 0.15) is 41.3 Å². The maximum absolute atomic E-state index is 13.2. The number of aromatic nitrogens is 1. The van der Waals surface area contributed by atoms with E-state index in [0.717, 1.165) is 17.7 Å². The highest BCUT2D eigenvalue weighted by Gasteiger charge is 2.37. The molecule has 1 N–H and O–H groups in total. The number of alkyl halides is 3. The molecule has 2 aromatic carbocycles. The molecule has 2 unspecified atom stereocenters. The Morgan fingerprint density at radius 3 is 2.39 bits per heavy atom. The summed E-state index contributed by atoms with van der Waals surface area (Å²) in [6.07, 6.45) is -2.85. The normalized spacial score (nSPS) is 18.4. The monoisotopic (exact) mass is 429 g/mol. The Balaban J connectivity index is 1.72. The van der Waals surface area contributed by atoms with Gasteiger partial charge in [0, 0.05) is 24.3 Å². The fourth-order valence-corrected chi connectivity index (χ4v) is 3.84. The van der Waals surface area contributed by atoms with Crippen LogP contribution >= 0.6 is 0 Å². The van der Waals surface area contributed by atoms with Gasteiger partial charge in [0.05, 0.1) is 11.3 Å². The molecule has 2 heterocycles. The van der Waals surface area contributed by atoms with Crippen molar-refractivity contribution in [2.75, 3.05) is 11.9 Å². The van der Waals surface area contributed by atoms with Crippen LogP contribution in [0, 0.1) is 5.82 Å². The first-order valence-corrected chi connectivity index (χ1v) is 9.69. The largest absolute Gasteiger partial charge is 0.416 e. The molecule has 0 radical (unpaired) electrons. The maximum Gasteiger partial charge on any atom is 0.416 e. The molecule has 0 saturated heterocycles. The zero-order valence-corrected chi connectivity index (χ0v) is 16.5. The third-order valence-electron chi connectivity index (χ3n) is 5.35. The minimum atomic E-state index is -4.45. The minimum absolute atomic E-state index is 0.0200. The van der Waals surface area contributed by atoms with Gasteiger partial charge in [0.25, 0.3) is 0 Å². The fraction of sp³-hybridized carbons (Fsp3) is 0.217. The topological polar surface area (TPSA) is 45.2 Å². The molecule has 3 aromatic rings. The third-order valence-corrected chi connectivity index (χ3v) is 5.35. The third kappa shape index (κ3) is 4.23. The van der Waals surface area contributed by atoms with E-state index < -0.39 is 29.6 Å². The number of pyridine rings is 1. The van der Waals surface area contributed by atoms with Gasteiger partial charge in [-0.15, -0.1) is 0 Å². The number of hydrogen-bond donors (Lipinski definition) is 1. The van der Waals surface area contributed by atoms with Crippen LogP contribution in [0.4, 0.5) is 28.0 Å². The summed E-state index contributed by atoms with van der Waals surface area (Å²) in [5, 5.41) is 2.74. The Morgan fingerprint density at radius 1 is 1.06 bits per heavy atom. The van der Waals surface area contributed by atoms with E-state index in [2.05, 4.69) is 10.3 Å². The summed E-state index contributed by atoms with van der Waals surface area (Å²) in [5.41, 5.74) is 1.74. The molecule has 4 nitrogen and oxygen atoms in total. The van der Waals surface area contributed by atoms with Crippen LogP contribution in [-0.4, -0.2) is 22.5 Å². The van der Waals surface area contributed by atoms with E-state index in [1.807, 2.05) is 13.0 Å². The zero-order valence-electron chi connectivity index (χ0n) is 16.5. The average molecular weight is 429 g/mol. The smallest absolute Gasteiger partial charge is 0.311 e. The van der Waals surface area contributed by atoms with Gasteiger partial charge >= 0.3 is 12.2 Å². The van der Waals surface area contributed by atoms with Gasteiger partial charge in [-0.2, -0.15) is 13.2 Å². The van der Waals surface area contributed by atoms with E-state index >= 15 is 0 Å². The number of nitrogens with one attached hydrogen (secondary N) is 1. The van der Waals surface area contributed by atoms with Gasteiger partial charge in [-0.3, -0.25) is 4.98 Å². The minimum Gasteiger partial charge on any atom is -0.311 e. The van der Waals surface area contributed by atoms with Crippen LogP contribution in [0.2, 0.25) is 0 Å². The number of carbonyl (C=O) groups excluding carboxylic acids is 1. The van der Waals surface area contributed by atoms with Crippen molar-refractivity contribution in [2.24, 2.45) is 0 Å². The van der Waals surface area contributed by atoms with E-state index in [1.54, 1.807) is 17.2 Å². The highest BCUT2D eigenvalue weighted by molar-refractivity contribution is 5.90. The quantitative estimate of drug-likeness (QED) is 0.510. The molecule has 0 spiro atoms. The summed E-state index contributed by atoms with van der Waals surface area (Å²) < 4.78 is 52.2. The molecule has 0 bridgehead atoms. The number of anilines is 1. The number of fused-ring (bicyclic) bond motifs is 1. The van der Waals surface area contributed by atoms with Gasteiger partial charge in [-0.25, -0.2) is 9.18 Å². The highest BCUT2D eigenvalue weighted by atomic mass is 19.4. The standard InChI is InChI=1S/C23H19F4N3O/c1-14-13-30(22(31)29-18-10-8-17(24)9-11-18)21(20-19(14)3-2-12-28-20)15-4-6-16(7-5-15)23(25,26)27/h2-12,14,21H,13H2,1H3,(H,29,31). The van der Waals surface area contributed by atoms with E-state index in [1.165, 1.54) is 36.4 Å². The summed E-state index contributed by atoms with van der Waals surface area (Å²) in [6, 6.07) is 12.7. The lowest BCUT2D eigenvalue weighted by Gasteiger charge is -2.39. The van der Waals surface area contributed by atoms with Crippen molar-refractivity contribution in [3.8, 4) is 0 Å². The molecule has 0 fully saturated rings. The predicted molar refractivity (Wildman–Crippen MR) is 108 cm³/mol. The maximum atomic E-state index is 13.2. The van der Waals surface area contributed by atoms with Gasteiger partial charge < -0.3 is 10.2 Å². The number of rotatable bonds is 2. The second-order valence-electron chi connectivity index (χ2n) is 7.49. The van der Waals surface area contributed by atoms with Crippen molar-refractivity contribution >= 4 is 11.7 Å². The number of hydrogen-bond acceptors (Lipinski definition) is 2. The van der Waals surface area contributed by atoms with Crippen LogP contribution in [0.5, 0.6) is 0 Å². The lowest BCUT2D eigenvalue weighted by molar-refractivity contribution is -0.137. The highest BCUT2D eigenvalue weighted by Crippen LogP contribution is 2.39. The lowest BCUT2D eigenvalue weighted by atomic mass is 9.86. The molecular weight excluding hydrogens is 410 g/mol.